The van der Waals surface area contributed by atoms with Gasteiger partial charge in [-0.3, -0.25) is 0 Å². The van der Waals surface area contributed by atoms with E-state index in [0.717, 1.165) is 24.5 Å². The van der Waals surface area contributed by atoms with E-state index in [0.29, 0.717) is 25.0 Å². The molecule has 2 heterocycles. The Morgan fingerprint density at radius 1 is 1.26 bits per heavy atom. The predicted molar refractivity (Wildman–Crippen MR) is 70.4 cm³/mol. The van der Waals surface area contributed by atoms with E-state index in [1.807, 2.05) is 13.0 Å². The summed E-state index contributed by atoms with van der Waals surface area (Å²) in [4.78, 5) is 8.32. The molecule has 19 heavy (non-hydrogen) atoms. The average molecular weight is 262 g/mol. The second kappa shape index (κ2) is 6.79. The molecule has 0 spiro atoms. The lowest BCUT2D eigenvalue weighted by Crippen LogP contribution is -2.13. The quantitative estimate of drug-likeness (QED) is 0.726. The van der Waals surface area contributed by atoms with Crippen molar-refractivity contribution >= 4 is 6.01 Å². The third kappa shape index (κ3) is 4.29. The maximum atomic E-state index is 5.44. The molecule has 0 radical (unpaired) electrons. The Kier molecular flexibility index (Phi) is 4.79. The van der Waals surface area contributed by atoms with Gasteiger partial charge >= 0.3 is 6.01 Å². The number of rotatable bonds is 7. The third-order valence-electron chi connectivity index (χ3n) is 2.42. The third-order valence-corrected chi connectivity index (χ3v) is 2.42. The molecule has 7 nitrogen and oxygen atoms in total. The molecule has 0 aliphatic carbocycles. The molecule has 0 saturated carbocycles. The van der Waals surface area contributed by atoms with Gasteiger partial charge in [0.05, 0.1) is 18.8 Å². The van der Waals surface area contributed by atoms with Crippen LogP contribution in [0, 0.1) is 6.92 Å². The van der Waals surface area contributed by atoms with Crippen molar-refractivity contribution in [3.05, 3.63) is 29.7 Å². The van der Waals surface area contributed by atoms with Crippen LogP contribution >= 0.6 is 0 Å². The Labute approximate surface area is 111 Å². The van der Waals surface area contributed by atoms with Crippen molar-refractivity contribution < 1.29 is 4.42 Å². The summed E-state index contributed by atoms with van der Waals surface area (Å²) in [5.41, 5.74) is 0.886. The van der Waals surface area contributed by atoms with Gasteiger partial charge in [-0.15, -0.1) is 5.10 Å². The molecule has 0 saturated heterocycles. The van der Waals surface area contributed by atoms with Crippen molar-refractivity contribution in [3.8, 4) is 0 Å². The summed E-state index contributed by atoms with van der Waals surface area (Å²) in [7, 11) is 0. The van der Waals surface area contributed by atoms with Crippen molar-refractivity contribution in [2.75, 3.05) is 11.9 Å². The van der Waals surface area contributed by atoms with Crippen LogP contribution in [0.3, 0.4) is 0 Å². The first-order valence-corrected chi connectivity index (χ1v) is 6.33. The molecule has 2 rings (SSSR count). The molecule has 7 heteroatoms. The molecule has 0 fully saturated rings. The zero-order valence-corrected chi connectivity index (χ0v) is 11.2. The van der Waals surface area contributed by atoms with Crippen molar-refractivity contribution in [1.82, 2.24) is 25.5 Å². The summed E-state index contributed by atoms with van der Waals surface area (Å²) < 4.78 is 5.44. The lowest BCUT2D eigenvalue weighted by atomic mass is 10.4. The van der Waals surface area contributed by atoms with Gasteiger partial charge in [0.25, 0.3) is 0 Å². The topological polar surface area (TPSA) is 88.8 Å². The fourth-order valence-corrected chi connectivity index (χ4v) is 1.54. The minimum atomic E-state index is 0.407. The summed E-state index contributed by atoms with van der Waals surface area (Å²) >= 11 is 0. The second-order valence-electron chi connectivity index (χ2n) is 4.13. The van der Waals surface area contributed by atoms with Crippen molar-refractivity contribution in [2.45, 2.75) is 33.4 Å². The van der Waals surface area contributed by atoms with Crippen LogP contribution in [-0.4, -0.2) is 26.7 Å². The van der Waals surface area contributed by atoms with E-state index in [1.165, 1.54) is 0 Å². The fourth-order valence-electron chi connectivity index (χ4n) is 1.54. The highest BCUT2D eigenvalue weighted by Crippen LogP contribution is 2.06. The molecular formula is C12H18N6O. The fraction of sp³-hybridized carbons (Fsp3) is 0.500. The minimum Gasteiger partial charge on any atom is -0.407 e. The largest absolute Gasteiger partial charge is 0.407 e. The molecule has 0 amide bonds. The predicted octanol–water partition coefficient (Wildman–Crippen LogP) is 1.28. The molecular weight excluding hydrogens is 244 g/mol. The van der Waals surface area contributed by atoms with Crippen LogP contribution in [-0.2, 0) is 13.1 Å². The van der Waals surface area contributed by atoms with Gasteiger partial charge in [0.2, 0.25) is 5.89 Å². The van der Waals surface area contributed by atoms with E-state index in [2.05, 4.69) is 37.7 Å². The van der Waals surface area contributed by atoms with Gasteiger partial charge in [-0.05, 0) is 26.0 Å². The number of aryl methyl sites for hydroxylation is 1. The molecule has 0 aliphatic rings. The monoisotopic (exact) mass is 262 g/mol. The van der Waals surface area contributed by atoms with Gasteiger partial charge < -0.3 is 15.1 Å². The van der Waals surface area contributed by atoms with Gasteiger partial charge in [-0.2, -0.15) is 0 Å². The average Bonchev–Trinajstić information content (AvgIpc) is 2.85. The van der Waals surface area contributed by atoms with Crippen LogP contribution < -0.4 is 10.6 Å². The molecule has 0 unspecified atom stereocenters. The van der Waals surface area contributed by atoms with Gasteiger partial charge in [0.1, 0.15) is 5.82 Å². The Morgan fingerprint density at radius 2 is 2.16 bits per heavy atom. The van der Waals surface area contributed by atoms with Crippen molar-refractivity contribution in [3.63, 3.8) is 0 Å². The van der Waals surface area contributed by atoms with Gasteiger partial charge in [0.15, 0.2) is 0 Å². The van der Waals surface area contributed by atoms with Crippen LogP contribution in [0.5, 0.6) is 0 Å². The molecule has 0 bridgehead atoms. The van der Waals surface area contributed by atoms with Crippen LogP contribution in [0.2, 0.25) is 0 Å². The van der Waals surface area contributed by atoms with Gasteiger partial charge in [-0.25, -0.2) is 9.97 Å². The molecule has 0 aliphatic heterocycles. The van der Waals surface area contributed by atoms with Gasteiger partial charge in [0, 0.05) is 6.20 Å². The zero-order valence-electron chi connectivity index (χ0n) is 11.2. The summed E-state index contributed by atoms with van der Waals surface area (Å²) in [6, 6.07) is 2.25. The van der Waals surface area contributed by atoms with E-state index in [-0.39, 0.29) is 0 Å². The number of nitrogens with one attached hydrogen (secondary N) is 2. The smallest absolute Gasteiger partial charge is 0.315 e. The molecule has 102 valence electrons. The molecule has 2 aromatic rings. The Morgan fingerprint density at radius 3 is 2.95 bits per heavy atom. The van der Waals surface area contributed by atoms with Crippen LogP contribution in [0.25, 0.3) is 0 Å². The molecule has 2 N–H and O–H groups in total. The standard InChI is InChI=1S/C12H18N6O/c1-3-5-13-8-11-17-18-12(19-11)15-7-10-4-6-14-9(2)16-10/h4,6,13H,3,5,7-8H2,1-2H3,(H,15,18). The Bertz CT molecular complexity index is 512. The Hall–Kier alpha value is -2.02. The highest BCUT2D eigenvalue weighted by molar-refractivity contribution is 5.19. The minimum absolute atomic E-state index is 0.407. The van der Waals surface area contributed by atoms with E-state index in [4.69, 9.17) is 4.42 Å². The lowest BCUT2D eigenvalue weighted by molar-refractivity contribution is 0.476. The summed E-state index contributed by atoms with van der Waals surface area (Å²) in [5.74, 6) is 1.32. The maximum absolute atomic E-state index is 5.44. The second-order valence-corrected chi connectivity index (χ2v) is 4.13. The van der Waals surface area contributed by atoms with Crippen molar-refractivity contribution in [1.29, 1.82) is 0 Å². The first kappa shape index (κ1) is 13.4. The van der Waals surface area contributed by atoms with Gasteiger partial charge in [-0.1, -0.05) is 12.0 Å². The summed E-state index contributed by atoms with van der Waals surface area (Å²) in [6.07, 6.45) is 2.81. The molecule has 0 aromatic carbocycles. The number of hydrogen-bond donors (Lipinski definition) is 2. The zero-order chi connectivity index (χ0) is 13.5. The van der Waals surface area contributed by atoms with Crippen LogP contribution in [0.15, 0.2) is 16.7 Å². The van der Waals surface area contributed by atoms with E-state index < -0.39 is 0 Å². The van der Waals surface area contributed by atoms with Crippen LogP contribution in [0.4, 0.5) is 6.01 Å². The first-order valence-electron chi connectivity index (χ1n) is 6.33. The van der Waals surface area contributed by atoms with E-state index in [9.17, 15) is 0 Å². The molecule has 0 atom stereocenters. The normalized spacial score (nSPS) is 10.6. The Balaban J connectivity index is 1.83. The highest BCUT2D eigenvalue weighted by Gasteiger charge is 2.05. The number of nitrogens with zero attached hydrogens (tertiary/aromatic N) is 4. The number of anilines is 1. The first-order chi connectivity index (χ1) is 9.28. The number of aromatic nitrogens is 4. The van der Waals surface area contributed by atoms with Crippen molar-refractivity contribution in [2.24, 2.45) is 0 Å². The summed E-state index contributed by atoms with van der Waals surface area (Å²) in [6.45, 7) is 6.03. The van der Waals surface area contributed by atoms with E-state index in [1.54, 1.807) is 6.20 Å². The van der Waals surface area contributed by atoms with Crippen LogP contribution in [0.1, 0.15) is 30.8 Å². The molecule has 2 aromatic heterocycles. The van der Waals surface area contributed by atoms with E-state index >= 15 is 0 Å². The summed E-state index contributed by atoms with van der Waals surface area (Å²) in [5, 5.41) is 14.1. The SMILES string of the molecule is CCCNCc1nnc(NCc2ccnc(C)n2)o1. The number of hydrogen-bond acceptors (Lipinski definition) is 7. The maximum Gasteiger partial charge on any atom is 0.315 e. The lowest BCUT2D eigenvalue weighted by Gasteiger charge is -2.01. The highest BCUT2D eigenvalue weighted by atomic mass is 16.4.